The first-order valence-electron chi connectivity index (χ1n) is 5.57. The molecule has 6 heteroatoms. The van der Waals surface area contributed by atoms with Gasteiger partial charge in [0.05, 0.1) is 12.7 Å². The lowest BCUT2D eigenvalue weighted by Gasteiger charge is -1.99. The molecule has 0 aliphatic carbocycles. The van der Waals surface area contributed by atoms with Crippen LogP contribution in [0.25, 0.3) is 0 Å². The normalized spacial score (nSPS) is 10.8. The molecule has 0 unspecified atom stereocenters. The SMILES string of the molecule is Cc1cc(CNCc2cnn(C)c2)oc1C(=O)O. The summed E-state index contributed by atoms with van der Waals surface area (Å²) < 4.78 is 6.97. The van der Waals surface area contributed by atoms with Gasteiger partial charge in [-0.2, -0.15) is 5.10 Å². The van der Waals surface area contributed by atoms with Gasteiger partial charge in [-0.3, -0.25) is 4.68 Å². The molecule has 0 aliphatic heterocycles. The first-order chi connectivity index (χ1) is 8.56. The van der Waals surface area contributed by atoms with Crippen molar-refractivity contribution in [2.24, 2.45) is 7.05 Å². The minimum Gasteiger partial charge on any atom is -0.475 e. The number of hydrogen-bond donors (Lipinski definition) is 2. The van der Waals surface area contributed by atoms with Crippen molar-refractivity contribution in [1.82, 2.24) is 15.1 Å². The molecule has 0 bridgehead atoms. The third kappa shape index (κ3) is 2.78. The van der Waals surface area contributed by atoms with Crippen LogP contribution in [-0.4, -0.2) is 20.9 Å². The fourth-order valence-corrected chi connectivity index (χ4v) is 1.74. The summed E-state index contributed by atoms with van der Waals surface area (Å²) in [5.74, 6) is -0.409. The molecular weight excluding hydrogens is 234 g/mol. The second kappa shape index (κ2) is 5.05. The molecule has 0 aliphatic rings. The fraction of sp³-hybridized carbons (Fsp3) is 0.333. The summed E-state index contributed by atoms with van der Waals surface area (Å²) in [6.45, 7) is 2.87. The number of nitrogens with one attached hydrogen (secondary N) is 1. The second-order valence-electron chi connectivity index (χ2n) is 4.16. The quantitative estimate of drug-likeness (QED) is 0.835. The average Bonchev–Trinajstić information content (AvgIpc) is 2.85. The lowest BCUT2D eigenvalue weighted by atomic mass is 10.2. The van der Waals surface area contributed by atoms with Crippen LogP contribution in [0.3, 0.4) is 0 Å². The molecule has 0 spiro atoms. The summed E-state index contributed by atoms with van der Waals surface area (Å²) in [5, 5.41) is 16.1. The van der Waals surface area contributed by atoms with Gasteiger partial charge in [-0.15, -0.1) is 0 Å². The molecule has 2 heterocycles. The van der Waals surface area contributed by atoms with E-state index in [0.717, 1.165) is 5.56 Å². The lowest BCUT2D eigenvalue weighted by molar-refractivity contribution is 0.0659. The minimum absolute atomic E-state index is 0.00757. The third-order valence-electron chi connectivity index (χ3n) is 2.55. The van der Waals surface area contributed by atoms with E-state index in [9.17, 15) is 4.79 Å². The van der Waals surface area contributed by atoms with Crippen LogP contribution in [0.5, 0.6) is 0 Å². The molecule has 2 N–H and O–H groups in total. The van der Waals surface area contributed by atoms with Crippen LogP contribution in [0, 0.1) is 6.92 Å². The van der Waals surface area contributed by atoms with E-state index < -0.39 is 5.97 Å². The molecule has 0 fully saturated rings. The van der Waals surface area contributed by atoms with E-state index in [1.165, 1.54) is 0 Å². The molecule has 2 rings (SSSR count). The number of aromatic carboxylic acids is 1. The van der Waals surface area contributed by atoms with Crippen LogP contribution in [0.4, 0.5) is 0 Å². The monoisotopic (exact) mass is 249 g/mol. The zero-order valence-electron chi connectivity index (χ0n) is 10.3. The van der Waals surface area contributed by atoms with Gasteiger partial charge in [0.25, 0.3) is 0 Å². The molecule has 0 amide bonds. The number of carboxylic acids is 1. The minimum atomic E-state index is -1.04. The molecule has 0 saturated carbocycles. The van der Waals surface area contributed by atoms with Crippen LogP contribution in [-0.2, 0) is 20.1 Å². The van der Waals surface area contributed by atoms with E-state index in [0.29, 0.717) is 24.4 Å². The highest BCUT2D eigenvalue weighted by atomic mass is 16.4. The Morgan fingerprint density at radius 1 is 1.56 bits per heavy atom. The summed E-state index contributed by atoms with van der Waals surface area (Å²) in [4.78, 5) is 10.8. The summed E-state index contributed by atoms with van der Waals surface area (Å²) in [6, 6.07) is 1.74. The summed E-state index contributed by atoms with van der Waals surface area (Å²) in [6.07, 6.45) is 3.70. The van der Waals surface area contributed by atoms with Crippen molar-refractivity contribution < 1.29 is 14.3 Å². The Labute approximate surface area is 104 Å². The smallest absolute Gasteiger partial charge is 0.372 e. The van der Waals surface area contributed by atoms with E-state index in [2.05, 4.69) is 10.4 Å². The van der Waals surface area contributed by atoms with E-state index in [-0.39, 0.29) is 5.76 Å². The maximum atomic E-state index is 10.8. The van der Waals surface area contributed by atoms with E-state index in [4.69, 9.17) is 9.52 Å². The fourth-order valence-electron chi connectivity index (χ4n) is 1.74. The maximum Gasteiger partial charge on any atom is 0.372 e. The highest BCUT2D eigenvalue weighted by Gasteiger charge is 2.13. The van der Waals surface area contributed by atoms with Gasteiger partial charge in [-0.05, 0) is 13.0 Å². The van der Waals surface area contributed by atoms with Crippen LogP contribution < -0.4 is 5.32 Å². The van der Waals surface area contributed by atoms with Crippen LogP contribution >= 0.6 is 0 Å². The Balaban J connectivity index is 1.90. The second-order valence-corrected chi connectivity index (χ2v) is 4.16. The number of carbonyl (C=O) groups is 1. The zero-order valence-corrected chi connectivity index (χ0v) is 10.3. The highest BCUT2D eigenvalue weighted by Crippen LogP contribution is 2.14. The number of rotatable bonds is 5. The number of carboxylic acid groups (broad SMARTS) is 1. The predicted octanol–water partition coefficient (Wildman–Crippen LogP) is 1.31. The van der Waals surface area contributed by atoms with E-state index in [1.807, 2.05) is 13.2 Å². The van der Waals surface area contributed by atoms with E-state index in [1.54, 1.807) is 23.9 Å². The first-order valence-corrected chi connectivity index (χ1v) is 5.57. The maximum absolute atomic E-state index is 10.8. The van der Waals surface area contributed by atoms with Gasteiger partial charge in [0.15, 0.2) is 0 Å². The van der Waals surface area contributed by atoms with Crippen molar-refractivity contribution in [3.63, 3.8) is 0 Å². The van der Waals surface area contributed by atoms with Crippen molar-refractivity contribution in [3.8, 4) is 0 Å². The predicted molar refractivity (Wildman–Crippen MR) is 64.2 cm³/mol. The molecule has 0 saturated heterocycles. The standard InChI is InChI=1S/C12H15N3O3/c1-8-3-10(18-11(8)12(16)17)6-13-4-9-5-14-15(2)7-9/h3,5,7,13H,4,6H2,1-2H3,(H,16,17). The van der Waals surface area contributed by atoms with E-state index >= 15 is 0 Å². The summed E-state index contributed by atoms with van der Waals surface area (Å²) >= 11 is 0. The largest absolute Gasteiger partial charge is 0.475 e. The van der Waals surface area contributed by atoms with Gasteiger partial charge in [0, 0.05) is 30.9 Å². The Kier molecular flexibility index (Phi) is 3.47. The molecule has 0 radical (unpaired) electrons. The van der Waals surface area contributed by atoms with Crippen LogP contribution in [0.1, 0.15) is 27.4 Å². The number of hydrogen-bond acceptors (Lipinski definition) is 4. The molecule has 2 aromatic heterocycles. The Morgan fingerprint density at radius 2 is 2.33 bits per heavy atom. The van der Waals surface area contributed by atoms with Crippen molar-refractivity contribution >= 4 is 5.97 Å². The van der Waals surface area contributed by atoms with Gasteiger partial charge in [-0.25, -0.2) is 4.79 Å². The van der Waals surface area contributed by atoms with Gasteiger partial charge in [0.1, 0.15) is 5.76 Å². The molecule has 6 nitrogen and oxygen atoms in total. The average molecular weight is 249 g/mol. The topological polar surface area (TPSA) is 80.3 Å². The Hall–Kier alpha value is -2.08. The van der Waals surface area contributed by atoms with Crippen molar-refractivity contribution in [2.45, 2.75) is 20.0 Å². The van der Waals surface area contributed by atoms with Gasteiger partial charge in [-0.1, -0.05) is 0 Å². The molecule has 96 valence electrons. The highest BCUT2D eigenvalue weighted by molar-refractivity contribution is 5.86. The molecule has 0 atom stereocenters. The summed E-state index contributed by atoms with van der Waals surface area (Å²) in [5.41, 5.74) is 1.71. The number of aromatic nitrogens is 2. The van der Waals surface area contributed by atoms with Crippen LogP contribution in [0.2, 0.25) is 0 Å². The molecular formula is C12H15N3O3. The lowest BCUT2D eigenvalue weighted by Crippen LogP contribution is -2.11. The zero-order chi connectivity index (χ0) is 13.1. The first kappa shape index (κ1) is 12.4. The van der Waals surface area contributed by atoms with Gasteiger partial charge < -0.3 is 14.8 Å². The van der Waals surface area contributed by atoms with Crippen molar-refractivity contribution in [2.75, 3.05) is 0 Å². The third-order valence-corrected chi connectivity index (χ3v) is 2.55. The number of nitrogens with zero attached hydrogens (tertiary/aromatic N) is 2. The van der Waals surface area contributed by atoms with Gasteiger partial charge in [0.2, 0.25) is 5.76 Å². The Bertz CT molecular complexity index is 557. The Morgan fingerprint density at radius 3 is 2.89 bits per heavy atom. The van der Waals surface area contributed by atoms with Crippen LogP contribution in [0.15, 0.2) is 22.9 Å². The van der Waals surface area contributed by atoms with Gasteiger partial charge >= 0.3 is 5.97 Å². The molecule has 0 aromatic carbocycles. The number of furan rings is 1. The molecule has 18 heavy (non-hydrogen) atoms. The van der Waals surface area contributed by atoms with Crippen molar-refractivity contribution in [1.29, 1.82) is 0 Å². The summed E-state index contributed by atoms with van der Waals surface area (Å²) in [7, 11) is 1.86. The van der Waals surface area contributed by atoms with Crippen molar-refractivity contribution in [3.05, 3.63) is 41.1 Å². The molecule has 2 aromatic rings. The number of aryl methyl sites for hydroxylation is 2.